The van der Waals surface area contributed by atoms with Gasteiger partial charge in [-0.1, -0.05) is 29.8 Å². The second kappa shape index (κ2) is 5.72. The second-order valence-electron chi connectivity index (χ2n) is 4.73. The Balaban J connectivity index is 2.46. The molecule has 0 amide bonds. The smallest absolute Gasteiger partial charge is 0.126 e. The molecular formula is C16H17ClFN. The van der Waals surface area contributed by atoms with E-state index in [0.29, 0.717) is 10.6 Å². The van der Waals surface area contributed by atoms with Crippen LogP contribution in [0.2, 0.25) is 5.02 Å². The van der Waals surface area contributed by atoms with Crippen molar-refractivity contribution in [2.45, 2.75) is 19.9 Å². The minimum Gasteiger partial charge on any atom is -0.309 e. The highest BCUT2D eigenvalue weighted by atomic mass is 35.5. The molecule has 0 bridgehead atoms. The first-order valence-electron chi connectivity index (χ1n) is 6.22. The van der Waals surface area contributed by atoms with Crippen molar-refractivity contribution < 1.29 is 4.39 Å². The number of hydrogen-bond acceptors (Lipinski definition) is 1. The molecule has 0 aliphatic heterocycles. The summed E-state index contributed by atoms with van der Waals surface area (Å²) in [5.41, 5.74) is 3.77. The molecule has 2 rings (SSSR count). The number of nitrogens with one attached hydrogen (secondary N) is 1. The zero-order valence-corrected chi connectivity index (χ0v) is 12.1. The third kappa shape index (κ3) is 2.96. The van der Waals surface area contributed by atoms with E-state index in [1.165, 1.54) is 0 Å². The molecule has 0 spiro atoms. The molecule has 2 aromatic carbocycles. The van der Waals surface area contributed by atoms with Gasteiger partial charge in [-0.15, -0.1) is 0 Å². The largest absolute Gasteiger partial charge is 0.309 e. The molecule has 0 fully saturated rings. The van der Waals surface area contributed by atoms with Gasteiger partial charge in [0.15, 0.2) is 0 Å². The van der Waals surface area contributed by atoms with E-state index in [4.69, 9.17) is 11.6 Å². The summed E-state index contributed by atoms with van der Waals surface area (Å²) in [6.07, 6.45) is 0. The summed E-state index contributed by atoms with van der Waals surface area (Å²) in [6, 6.07) is 11.1. The topological polar surface area (TPSA) is 12.0 Å². The third-order valence-corrected chi connectivity index (χ3v) is 3.60. The molecule has 2 aromatic rings. The molecule has 0 radical (unpaired) electrons. The number of rotatable bonds is 3. The normalized spacial score (nSPS) is 12.5. The maximum atomic E-state index is 13.7. The van der Waals surface area contributed by atoms with Crippen molar-refractivity contribution in [1.82, 2.24) is 5.32 Å². The molecule has 0 heterocycles. The zero-order chi connectivity index (χ0) is 14.0. The standard InChI is InChI=1S/C16H17ClFN/c1-10-4-5-12(9-15(10)18)16(19-3)14-7-6-13(17)8-11(14)2/h4-9,16,19H,1-3H3. The predicted octanol–water partition coefficient (Wildman–Crippen LogP) is 4.40. The van der Waals surface area contributed by atoms with Crippen LogP contribution in [-0.2, 0) is 0 Å². The molecule has 0 aromatic heterocycles. The molecule has 1 nitrogen and oxygen atoms in total. The fraction of sp³-hybridized carbons (Fsp3) is 0.250. The van der Waals surface area contributed by atoms with Crippen LogP contribution < -0.4 is 5.32 Å². The van der Waals surface area contributed by atoms with Crippen LogP contribution in [0.25, 0.3) is 0 Å². The number of hydrogen-bond donors (Lipinski definition) is 1. The van der Waals surface area contributed by atoms with E-state index in [-0.39, 0.29) is 11.9 Å². The fourth-order valence-electron chi connectivity index (χ4n) is 2.25. The van der Waals surface area contributed by atoms with Gasteiger partial charge in [0, 0.05) is 5.02 Å². The van der Waals surface area contributed by atoms with Gasteiger partial charge in [0.2, 0.25) is 0 Å². The Kier molecular flexibility index (Phi) is 4.23. The van der Waals surface area contributed by atoms with E-state index >= 15 is 0 Å². The first-order chi connectivity index (χ1) is 9.02. The molecule has 1 unspecified atom stereocenters. The molecule has 0 aliphatic carbocycles. The molecule has 19 heavy (non-hydrogen) atoms. The van der Waals surface area contributed by atoms with E-state index < -0.39 is 0 Å². The Hall–Kier alpha value is -1.38. The van der Waals surface area contributed by atoms with Crippen LogP contribution in [0, 0.1) is 19.7 Å². The highest BCUT2D eigenvalue weighted by molar-refractivity contribution is 6.30. The van der Waals surface area contributed by atoms with Crippen LogP contribution in [0.5, 0.6) is 0 Å². The summed E-state index contributed by atoms with van der Waals surface area (Å²) in [6.45, 7) is 3.77. The number of benzene rings is 2. The molecular weight excluding hydrogens is 261 g/mol. The molecule has 3 heteroatoms. The van der Waals surface area contributed by atoms with E-state index in [0.717, 1.165) is 16.7 Å². The number of aryl methyl sites for hydroxylation is 2. The van der Waals surface area contributed by atoms with Crippen LogP contribution in [0.1, 0.15) is 28.3 Å². The molecule has 1 N–H and O–H groups in total. The van der Waals surface area contributed by atoms with Gasteiger partial charge in [0.05, 0.1) is 6.04 Å². The van der Waals surface area contributed by atoms with E-state index in [1.807, 2.05) is 38.2 Å². The zero-order valence-electron chi connectivity index (χ0n) is 11.3. The van der Waals surface area contributed by atoms with Gasteiger partial charge in [-0.3, -0.25) is 0 Å². The van der Waals surface area contributed by atoms with Gasteiger partial charge >= 0.3 is 0 Å². The Labute approximate surface area is 118 Å². The predicted molar refractivity (Wildman–Crippen MR) is 78.2 cm³/mol. The van der Waals surface area contributed by atoms with Crippen LogP contribution in [0.15, 0.2) is 36.4 Å². The lowest BCUT2D eigenvalue weighted by Gasteiger charge is -2.20. The molecule has 100 valence electrons. The Morgan fingerprint density at radius 1 is 1.05 bits per heavy atom. The molecule has 0 aliphatic rings. The minimum atomic E-state index is -0.177. The molecule has 0 saturated heterocycles. The van der Waals surface area contributed by atoms with Crippen molar-refractivity contribution in [3.8, 4) is 0 Å². The van der Waals surface area contributed by atoms with E-state index in [9.17, 15) is 4.39 Å². The third-order valence-electron chi connectivity index (χ3n) is 3.36. The maximum Gasteiger partial charge on any atom is 0.126 e. The fourth-order valence-corrected chi connectivity index (χ4v) is 2.48. The Bertz CT molecular complexity index is 595. The van der Waals surface area contributed by atoms with Gasteiger partial charge in [0.25, 0.3) is 0 Å². The minimum absolute atomic E-state index is 0.0348. The average molecular weight is 278 g/mol. The second-order valence-corrected chi connectivity index (χ2v) is 5.17. The summed E-state index contributed by atoms with van der Waals surface area (Å²) in [5.74, 6) is -0.177. The van der Waals surface area contributed by atoms with Gasteiger partial charge in [0.1, 0.15) is 5.82 Å². The lowest BCUT2D eigenvalue weighted by molar-refractivity contribution is 0.608. The quantitative estimate of drug-likeness (QED) is 0.876. The summed E-state index contributed by atoms with van der Waals surface area (Å²) in [7, 11) is 1.87. The summed E-state index contributed by atoms with van der Waals surface area (Å²) < 4.78 is 13.7. The summed E-state index contributed by atoms with van der Waals surface area (Å²) in [5, 5.41) is 3.95. The van der Waals surface area contributed by atoms with Crippen LogP contribution in [-0.4, -0.2) is 7.05 Å². The highest BCUT2D eigenvalue weighted by Gasteiger charge is 2.15. The van der Waals surface area contributed by atoms with Crippen molar-refractivity contribution in [3.05, 3.63) is 69.5 Å². The van der Waals surface area contributed by atoms with Crippen molar-refractivity contribution >= 4 is 11.6 Å². The number of halogens is 2. The highest BCUT2D eigenvalue weighted by Crippen LogP contribution is 2.27. The van der Waals surface area contributed by atoms with Crippen LogP contribution in [0.3, 0.4) is 0 Å². The van der Waals surface area contributed by atoms with Crippen molar-refractivity contribution in [2.75, 3.05) is 7.05 Å². The van der Waals surface area contributed by atoms with Crippen LogP contribution in [0.4, 0.5) is 4.39 Å². The Morgan fingerprint density at radius 2 is 1.79 bits per heavy atom. The SMILES string of the molecule is CNC(c1ccc(C)c(F)c1)c1ccc(Cl)cc1C. The summed E-state index contributed by atoms with van der Waals surface area (Å²) >= 11 is 5.98. The van der Waals surface area contributed by atoms with Crippen LogP contribution >= 0.6 is 11.6 Å². The summed E-state index contributed by atoms with van der Waals surface area (Å²) in [4.78, 5) is 0. The molecule has 0 saturated carbocycles. The van der Waals surface area contributed by atoms with Gasteiger partial charge in [-0.05, 0) is 61.3 Å². The lowest BCUT2D eigenvalue weighted by atomic mass is 9.94. The van der Waals surface area contributed by atoms with Crippen molar-refractivity contribution in [2.24, 2.45) is 0 Å². The van der Waals surface area contributed by atoms with Crippen molar-refractivity contribution in [1.29, 1.82) is 0 Å². The van der Waals surface area contributed by atoms with Gasteiger partial charge in [-0.25, -0.2) is 4.39 Å². The maximum absolute atomic E-state index is 13.7. The first-order valence-corrected chi connectivity index (χ1v) is 6.60. The lowest BCUT2D eigenvalue weighted by Crippen LogP contribution is -2.19. The Morgan fingerprint density at radius 3 is 2.37 bits per heavy atom. The molecule has 1 atom stereocenters. The van der Waals surface area contributed by atoms with E-state index in [2.05, 4.69) is 5.32 Å². The first kappa shape index (κ1) is 14.0. The van der Waals surface area contributed by atoms with Gasteiger partial charge < -0.3 is 5.32 Å². The average Bonchev–Trinajstić information content (AvgIpc) is 2.37. The van der Waals surface area contributed by atoms with Gasteiger partial charge in [-0.2, -0.15) is 0 Å². The van der Waals surface area contributed by atoms with Crippen molar-refractivity contribution in [3.63, 3.8) is 0 Å². The van der Waals surface area contributed by atoms with E-state index in [1.54, 1.807) is 19.1 Å². The monoisotopic (exact) mass is 277 g/mol.